The maximum Gasteiger partial charge on any atom is 0.224 e. The van der Waals surface area contributed by atoms with Gasteiger partial charge in [0.2, 0.25) is 5.91 Å². The molecule has 2 aromatic carbocycles. The predicted molar refractivity (Wildman–Crippen MR) is 114 cm³/mol. The van der Waals surface area contributed by atoms with Crippen molar-refractivity contribution in [2.75, 3.05) is 10.6 Å². The number of anilines is 2. The highest BCUT2D eigenvalue weighted by molar-refractivity contribution is 9.10. The molecule has 140 valence electrons. The summed E-state index contributed by atoms with van der Waals surface area (Å²) >= 11 is 3.44. The van der Waals surface area contributed by atoms with Gasteiger partial charge in [-0.05, 0) is 48.4 Å². The monoisotopic (exact) mass is 426 g/mol. The highest BCUT2D eigenvalue weighted by atomic mass is 79.9. The molecule has 0 radical (unpaired) electrons. The fraction of sp³-hybridized carbons (Fsp3) is 0.227. The Morgan fingerprint density at radius 2 is 1.78 bits per heavy atom. The van der Waals surface area contributed by atoms with E-state index in [1.165, 1.54) is 0 Å². The van der Waals surface area contributed by atoms with E-state index in [0.29, 0.717) is 18.9 Å². The summed E-state index contributed by atoms with van der Waals surface area (Å²) in [6.07, 6.45) is 0.517. The van der Waals surface area contributed by atoms with E-state index in [9.17, 15) is 4.79 Å². The van der Waals surface area contributed by atoms with Gasteiger partial charge < -0.3 is 15.1 Å². The van der Waals surface area contributed by atoms with Crippen molar-refractivity contribution in [2.24, 2.45) is 5.92 Å². The molecule has 0 fully saturated rings. The lowest BCUT2D eigenvalue weighted by Gasteiger charge is -2.10. The van der Waals surface area contributed by atoms with Crippen LogP contribution in [0.4, 0.5) is 11.4 Å². The standard InChI is InChI=1S/C22H23BrN2O2/c1-15(2)12-22(26)25-19-5-3-4-18(13-19)24-14-20-10-11-21(27-20)16-6-8-17(23)9-7-16/h3-11,13,15,24H,12,14H2,1-2H3,(H,25,26). The number of carbonyl (C=O) groups is 1. The van der Waals surface area contributed by atoms with Gasteiger partial charge in [-0.2, -0.15) is 0 Å². The number of hydrogen-bond donors (Lipinski definition) is 2. The number of halogens is 1. The largest absolute Gasteiger partial charge is 0.459 e. The van der Waals surface area contributed by atoms with Gasteiger partial charge >= 0.3 is 0 Å². The molecule has 0 unspecified atom stereocenters. The van der Waals surface area contributed by atoms with Crippen LogP contribution in [-0.4, -0.2) is 5.91 Å². The molecule has 27 heavy (non-hydrogen) atoms. The lowest BCUT2D eigenvalue weighted by Crippen LogP contribution is -2.13. The number of carbonyl (C=O) groups excluding carboxylic acids is 1. The van der Waals surface area contributed by atoms with E-state index in [2.05, 4.69) is 26.6 Å². The highest BCUT2D eigenvalue weighted by Gasteiger charge is 2.07. The van der Waals surface area contributed by atoms with Crippen molar-refractivity contribution in [3.8, 4) is 11.3 Å². The highest BCUT2D eigenvalue weighted by Crippen LogP contribution is 2.24. The van der Waals surface area contributed by atoms with E-state index in [1.54, 1.807) is 0 Å². The summed E-state index contributed by atoms with van der Waals surface area (Å²) in [6, 6.07) is 19.7. The number of furan rings is 1. The summed E-state index contributed by atoms with van der Waals surface area (Å²) in [5.74, 6) is 2.06. The van der Waals surface area contributed by atoms with Gasteiger partial charge in [0.1, 0.15) is 11.5 Å². The molecule has 0 aliphatic rings. The Balaban J connectivity index is 1.59. The lowest BCUT2D eigenvalue weighted by molar-refractivity contribution is -0.116. The minimum atomic E-state index is 0.0346. The Bertz CT molecular complexity index is 901. The maximum atomic E-state index is 11.9. The summed E-state index contributed by atoms with van der Waals surface area (Å²) in [4.78, 5) is 11.9. The van der Waals surface area contributed by atoms with E-state index in [1.807, 2.05) is 74.5 Å². The lowest BCUT2D eigenvalue weighted by atomic mass is 10.1. The van der Waals surface area contributed by atoms with E-state index in [0.717, 1.165) is 32.9 Å². The zero-order valence-electron chi connectivity index (χ0n) is 15.5. The second-order valence-electron chi connectivity index (χ2n) is 6.85. The molecule has 0 aliphatic heterocycles. The third-order valence-electron chi connectivity index (χ3n) is 4.00. The Morgan fingerprint density at radius 3 is 2.52 bits per heavy atom. The molecule has 0 saturated heterocycles. The van der Waals surface area contributed by atoms with Gasteiger partial charge in [0.25, 0.3) is 0 Å². The topological polar surface area (TPSA) is 54.3 Å². The zero-order valence-corrected chi connectivity index (χ0v) is 17.0. The van der Waals surface area contributed by atoms with Crippen LogP contribution in [0.25, 0.3) is 11.3 Å². The molecule has 1 heterocycles. The average Bonchev–Trinajstić information content (AvgIpc) is 3.09. The van der Waals surface area contributed by atoms with E-state index >= 15 is 0 Å². The summed E-state index contributed by atoms with van der Waals surface area (Å²) < 4.78 is 6.96. The number of rotatable bonds is 7. The van der Waals surface area contributed by atoms with Crippen molar-refractivity contribution in [3.63, 3.8) is 0 Å². The molecule has 4 nitrogen and oxygen atoms in total. The summed E-state index contributed by atoms with van der Waals surface area (Å²) in [7, 11) is 0. The fourth-order valence-electron chi connectivity index (χ4n) is 2.72. The molecule has 3 aromatic rings. The molecule has 3 rings (SSSR count). The van der Waals surface area contributed by atoms with Gasteiger partial charge in [-0.25, -0.2) is 0 Å². The summed E-state index contributed by atoms with van der Waals surface area (Å²) in [5, 5.41) is 6.27. The first-order valence-corrected chi connectivity index (χ1v) is 9.77. The van der Waals surface area contributed by atoms with E-state index in [4.69, 9.17) is 4.42 Å². The van der Waals surface area contributed by atoms with E-state index < -0.39 is 0 Å². The van der Waals surface area contributed by atoms with Crippen LogP contribution < -0.4 is 10.6 Å². The number of hydrogen-bond acceptors (Lipinski definition) is 3. The molecule has 1 aromatic heterocycles. The van der Waals surface area contributed by atoms with Gasteiger partial charge in [0.15, 0.2) is 0 Å². The smallest absolute Gasteiger partial charge is 0.224 e. The quantitative estimate of drug-likeness (QED) is 0.465. The van der Waals surface area contributed by atoms with E-state index in [-0.39, 0.29) is 5.91 Å². The SMILES string of the molecule is CC(C)CC(=O)Nc1cccc(NCc2ccc(-c3ccc(Br)cc3)o2)c1. The minimum Gasteiger partial charge on any atom is -0.459 e. The normalized spacial score (nSPS) is 10.8. The van der Waals surface area contributed by atoms with Crippen molar-refractivity contribution in [1.29, 1.82) is 0 Å². The van der Waals surface area contributed by atoms with Gasteiger partial charge in [-0.1, -0.05) is 48.0 Å². The summed E-state index contributed by atoms with van der Waals surface area (Å²) in [6.45, 7) is 4.63. The Morgan fingerprint density at radius 1 is 1.04 bits per heavy atom. The predicted octanol–water partition coefficient (Wildman–Crippen LogP) is 6.31. The molecule has 0 atom stereocenters. The number of nitrogens with one attached hydrogen (secondary N) is 2. The maximum absolute atomic E-state index is 11.9. The van der Waals surface area contributed by atoms with Gasteiger partial charge in [0.05, 0.1) is 6.54 Å². The van der Waals surface area contributed by atoms with Crippen LogP contribution in [-0.2, 0) is 11.3 Å². The second kappa shape index (κ2) is 8.91. The molecule has 5 heteroatoms. The molecule has 0 saturated carbocycles. The van der Waals surface area contributed by atoms with Crippen LogP contribution in [0.1, 0.15) is 26.0 Å². The third kappa shape index (κ3) is 5.73. The van der Waals surface area contributed by atoms with Crippen LogP contribution in [0.3, 0.4) is 0 Å². The fourth-order valence-corrected chi connectivity index (χ4v) is 2.99. The number of benzene rings is 2. The molecule has 1 amide bonds. The first-order valence-electron chi connectivity index (χ1n) is 8.98. The zero-order chi connectivity index (χ0) is 19.2. The third-order valence-corrected chi connectivity index (χ3v) is 4.53. The molecule has 0 aliphatic carbocycles. The molecule has 2 N–H and O–H groups in total. The first kappa shape index (κ1) is 19.2. The molecule has 0 spiro atoms. The van der Waals surface area contributed by atoms with Crippen molar-refractivity contribution < 1.29 is 9.21 Å². The average molecular weight is 427 g/mol. The number of amides is 1. The first-order chi connectivity index (χ1) is 13.0. The van der Waals surface area contributed by atoms with Crippen molar-refractivity contribution in [2.45, 2.75) is 26.8 Å². The Kier molecular flexibility index (Phi) is 6.35. The second-order valence-corrected chi connectivity index (χ2v) is 7.77. The van der Waals surface area contributed by atoms with Crippen LogP contribution in [0, 0.1) is 5.92 Å². The van der Waals surface area contributed by atoms with Crippen LogP contribution in [0.5, 0.6) is 0 Å². The molecular formula is C22H23BrN2O2. The molecule has 0 bridgehead atoms. The Hall–Kier alpha value is -2.53. The van der Waals surface area contributed by atoms with Gasteiger partial charge in [-0.15, -0.1) is 0 Å². The van der Waals surface area contributed by atoms with Crippen LogP contribution in [0.15, 0.2) is 69.6 Å². The Labute approximate surface area is 168 Å². The minimum absolute atomic E-state index is 0.0346. The van der Waals surface area contributed by atoms with Crippen molar-refractivity contribution in [3.05, 3.63) is 70.9 Å². The molecular weight excluding hydrogens is 404 g/mol. The summed E-state index contributed by atoms with van der Waals surface area (Å²) in [5.41, 5.74) is 2.76. The van der Waals surface area contributed by atoms with Gasteiger partial charge in [-0.3, -0.25) is 4.79 Å². The van der Waals surface area contributed by atoms with Gasteiger partial charge in [0, 0.05) is 27.8 Å². The van der Waals surface area contributed by atoms with Crippen molar-refractivity contribution in [1.82, 2.24) is 0 Å². The van der Waals surface area contributed by atoms with Crippen molar-refractivity contribution >= 4 is 33.2 Å². The van der Waals surface area contributed by atoms with Crippen LogP contribution in [0.2, 0.25) is 0 Å². The van der Waals surface area contributed by atoms with Crippen LogP contribution >= 0.6 is 15.9 Å².